The number of hydrogen-bond donors (Lipinski definition) is 2. The molecular formula is C14H19N3O. The highest BCUT2D eigenvalue weighted by atomic mass is 16.3. The Labute approximate surface area is 107 Å². The summed E-state index contributed by atoms with van der Waals surface area (Å²) in [6.07, 6.45) is 3.13. The van der Waals surface area contributed by atoms with Gasteiger partial charge in [0.2, 0.25) is 0 Å². The largest absolute Gasteiger partial charge is 0.390 e. The van der Waals surface area contributed by atoms with Crippen LogP contribution in [0.4, 0.5) is 0 Å². The van der Waals surface area contributed by atoms with E-state index in [-0.39, 0.29) is 6.04 Å². The summed E-state index contributed by atoms with van der Waals surface area (Å²) >= 11 is 0. The second-order valence-corrected chi connectivity index (χ2v) is 4.42. The van der Waals surface area contributed by atoms with Gasteiger partial charge in [-0.15, -0.1) is 0 Å². The predicted octanol–water partition coefficient (Wildman–Crippen LogP) is 1.59. The average molecular weight is 245 g/mol. The van der Waals surface area contributed by atoms with E-state index >= 15 is 0 Å². The maximum absolute atomic E-state index is 9.89. The van der Waals surface area contributed by atoms with Crippen LogP contribution in [0.5, 0.6) is 0 Å². The molecule has 2 atom stereocenters. The van der Waals surface area contributed by atoms with Crippen molar-refractivity contribution in [2.24, 2.45) is 0 Å². The van der Waals surface area contributed by atoms with Crippen molar-refractivity contribution in [1.29, 1.82) is 0 Å². The molecule has 0 radical (unpaired) electrons. The van der Waals surface area contributed by atoms with Crippen LogP contribution >= 0.6 is 0 Å². The van der Waals surface area contributed by atoms with Crippen molar-refractivity contribution in [3.63, 3.8) is 0 Å². The molecule has 0 bridgehead atoms. The Morgan fingerprint density at radius 1 is 1.28 bits per heavy atom. The maximum atomic E-state index is 9.89. The SMILES string of the molecule is C[C@@H](NCC(O)Cn1cccn1)c1ccccc1. The van der Waals surface area contributed by atoms with E-state index < -0.39 is 6.10 Å². The van der Waals surface area contributed by atoms with Gasteiger partial charge in [-0.25, -0.2) is 0 Å². The molecule has 1 aromatic carbocycles. The van der Waals surface area contributed by atoms with E-state index in [4.69, 9.17) is 0 Å². The lowest BCUT2D eigenvalue weighted by Gasteiger charge is -2.17. The van der Waals surface area contributed by atoms with Crippen molar-refractivity contribution in [1.82, 2.24) is 15.1 Å². The fourth-order valence-corrected chi connectivity index (χ4v) is 1.86. The number of benzene rings is 1. The molecule has 4 nitrogen and oxygen atoms in total. The number of aliphatic hydroxyl groups excluding tert-OH is 1. The molecule has 2 rings (SSSR count). The van der Waals surface area contributed by atoms with Crippen LogP contribution < -0.4 is 5.32 Å². The van der Waals surface area contributed by atoms with Gasteiger partial charge in [0, 0.05) is 25.0 Å². The van der Waals surface area contributed by atoms with Gasteiger partial charge in [-0.3, -0.25) is 4.68 Å². The number of aromatic nitrogens is 2. The van der Waals surface area contributed by atoms with Crippen LogP contribution in [0.15, 0.2) is 48.8 Å². The normalized spacial score (nSPS) is 14.3. The predicted molar refractivity (Wildman–Crippen MR) is 71.1 cm³/mol. The van der Waals surface area contributed by atoms with Crippen LogP contribution in [0.2, 0.25) is 0 Å². The number of rotatable bonds is 6. The number of aliphatic hydroxyl groups is 1. The summed E-state index contributed by atoms with van der Waals surface area (Å²) in [5, 5.41) is 17.3. The number of nitrogens with zero attached hydrogens (tertiary/aromatic N) is 2. The minimum atomic E-state index is -0.434. The zero-order chi connectivity index (χ0) is 12.8. The van der Waals surface area contributed by atoms with Gasteiger partial charge in [0.05, 0.1) is 12.6 Å². The number of nitrogens with one attached hydrogen (secondary N) is 1. The third-order valence-electron chi connectivity index (χ3n) is 2.92. The molecule has 0 saturated heterocycles. The zero-order valence-electron chi connectivity index (χ0n) is 10.5. The molecule has 0 fully saturated rings. The monoisotopic (exact) mass is 245 g/mol. The molecule has 0 aliphatic rings. The summed E-state index contributed by atoms with van der Waals surface area (Å²) < 4.78 is 1.74. The van der Waals surface area contributed by atoms with E-state index in [1.807, 2.05) is 30.5 Å². The quantitative estimate of drug-likeness (QED) is 0.812. The summed E-state index contributed by atoms with van der Waals surface area (Å²) in [7, 11) is 0. The molecule has 0 saturated carbocycles. The van der Waals surface area contributed by atoms with E-state index in [9.17, 15) is 5.11 Å². The Balaban J connectivity index is 1.77. The van der Waals surface area contributed by atoms with Crippen molar-refractivity contribution >= 4 is 0 Å². The molecule has 18 heavy (non-hydrogen) atoms. The highest BCUT2D eigenvalue weighted by molar-refractivity contribution is 5.17. The van der Waals surface area contributed by atoms with Crippen LogP contribution in [0.25, 0.3) is 0 Å². The van der Waals surface area contributed by atoms with Crippen molar-refractivity contribution in [3.05, 3.63) is 54.4 Å². The fourth-order valence-electron chi connectivity index (χ4n) is 1.86. The van der Waals surface area contributed by atoms with E-state index in [1.165, 1.54) is 5.56 Å². The van der Waals surface area contributed by atoms with Gasteiger partial charge in [-0.05, 0) is 18.6 Å². The van der Waals surface area contributed by atoms with Gasteiger partial charge in [-0.2, -0.15) is 5.10 Å². The Kier molecular flexibility index (Phi) is 4.50. The molecule has 2 N–H and O–H groups in total. The first-order valence-electron chi connectivity index (χ1n) is 6.19. The van der Waals surface area contributed by atoms with Gasteiger partial charge in [-0.1, -0.05) is 30.3 Å². The van der Waals surface area contributed by atoms with Crippen molar-refractivity contribution in [2.75, 3.05) is 6.54 Å². The lowest BCUT2D eigenvalue weighted by molar-refractivity contribution is 0.143. The highest BCUT2D eigenvalue weighted by Gasteiger charge is 2.09. The lowest BCUT2D eigenvalue weighted by Crippen LogP contribution is -2.32. The van der Waals surface area contributed by atoms with E-state index in [1.54, 1.807) is 10.9 Å². The zero-order valence-corrected chi connectivity index (χ0v) is 10.5. The molecule has 0 spiro atoms. The van der Waals surface area contributed by atoms with Crippen molar-refractivity contribution < 1.29 is 5.11 Å². The summed E-state index contributed by atoms with van der Waals surface area (Å²) in [5.41, 5.74) is 1.23. The molecule has 0 amide bonds. The Bertz CT molecular complexity index is 441. The minimum absolute atomic E-state index is 0.235. The van der Waals surface area contributed by atoms with E-state index in [0.29, 0.717) is 13.1 Å². The van der Waals surface area contributed by atoms with E-state index in [2.05, 4.69) is 29.5 Å². The summed E-state index contributed by atoms with van der Waals surface area (Å²) in [4.78, 5) is 0. The molecule has 2 aromatic rings. The van der Waals surface area contributed by atoms with Crippen molar-refractivity contribution in [3.8, 4) is 0 Å². The second kappa shape index (κ2) is 6.33. The third-order valence-corrected chi connectivity index (χ3v) is 2.92. The average Bonchev–Trinajstić information content (AvgIpc) is 2.90. The molecular weight excluding hydrogens is 226 g/mol. The van der Waals surface area contributed by atoms with Crippen LogP contribution in [-0.4, -0.2) is 27.5 Å². The minimum Gasteiger partial charge on any atom is -0.390 e. The Morgan fingerprint density at radius 2 is 2.06 bits per heavy atom. The first-order valence-corrected chi connectivity index (χ1v) is 6.19. The molecule has 1 unspecified atom stereocenters. The van der Waals surface area contributed by atoms with Crippen LogP contribution in [0.1, 0.15) is 18.5 Å². The van der Waals surface area contributed by atoms with Gasteiger partial charge < -0.3 is 10.4 Å². The fraction of sp³-hybridized carbons (Fsp3) is 0.357. The molecule has 0 aliphatic carbocycles. The lowest BCUT2D eigenvalue weighted by atomic mass is 10.1. The van der Waals surface area contributed by atoms with Crippen LogP contribution in [-0.2, 0) is 6.54 Å². The highest BCUT2D eigenvalue weighted by Crippen LogP contribution is 2.10. The third kappa shape index (κ3) is 3.68. The second-order valence-electron chi connectivity index (χ2n) is 4.42. The standard InChI is InChI=1S/C14H19N3O/c1-12(13-6-3-2-4-7-13)15-10-14(18)11-17-9-5-8-16-17/h2-9,12,14-15,18H,10-11H2,1H3/t12-,14?/m1/s1. The summed E-state index contributed by atoms with van der Waals surface area (Å²) in [6, 6.07) is 12.3. The smallest absolute Gasteiger partial charge is 0.0860 e. The van der Waals surface area contributed by atoms with E-state index in [0.717, 1.165) is 0 Å². The van der Waals surface area contributed by atoms with Crippen molar-refractivity contribution in [2.45, 2.75) is 25.6 Å². The molecule has 0 aliphatic heterocycles. The molecule has 1 heterocycles. The maximum Gasteiger partial charge on any atom is 0.0860 e. The van der Waals surface area contributed by atoms with Gasteiger partial charge >= 0.3 is 0 Å². The van der Waals surface area contributed by atoms with Crippen LogP contribution in [0.3, 0.4) is 0 Å². The number of hydrogen-bond acceptors (Lipinski definition) is 3. The van der Waals surface area contributed by atoms with Gasteiger partial charge in [0.1, 0.15) is 0 Å². The first kappa shape index (κ1) is 12.8. The first-order chi connectivity index (χ1) is 8.75. The topological polar surface area (TPSA) is 50.1 Å². The summed E-state index contributed by atoms with van der Waals surface area (Å²) in [5.74, 6) is 0. The Morgan fingerprint density at radius 3 is 2.72 bits per heavy atom. The molecule has 1 aromatic heterocycles. The molecule has 4 heteroatoms. The van der Waals surface area contributed by atoms with Gasteiger partial charge in [0.15, 0.2) is 0 Å². The Hall–Kier alpha value is -1.65. The summed E-state index contributed by atoms with van der Waals surface area (Å²) in [6.45, 7) is 3.16. The van der Waals surface area contributed by atoms with Crippen LogP contribution in [0, 0.1) is 0 Å². The molecule has 96 valence electrons. The van der Waals surface area contributed by atoms with Gasteiger partial charge in [0.25, 0.3) is 0 Å².